The van der Waals surface area contributed by atoms with Gasteiger partial charge in [-0.05, 0) is 29.2 Å². The summed E-state index contributed by atoms with van der Waals surface area (Å²) in [6, 6.07) is 22.2. The standard InChI is InChI=1S/C21H13NO/c23-21-16-9-4-7-13-6-3-8-15(20(13)16)11-17(21)19-12-14-5-1-2-10-18(14)22-19/h1-12,22H. The Morgan fingerprint density at radius 2 is 1.57 bits per heavy atom. The predicted molar refractivity (Wildman–Crippen MR) is 94.4 cm³/mol. The van der Waals surface area contributed by atoms with Crippen molar-refractivity contribution in [2.24, 2.45) is 0 Å². The van der Waals surface area contributed by atoms with Gasteiger partial charge >= 0.3 is 0 Å². The van der Waals surface area contributed by atoms with Gasteiger partial charge in [0.15, 0.2) is 5.78 Å². The van der Waals surface area contributed by atoms with E-state index in [-0.39, 0.29) is 5.78 Å². The Kier molecular flexibility index (Phi) is 2.39. The van der Waals surface area contributed by atoms with Gasteiger partial charge in [-0.15, -0.1) is 0 Å². The molecule has 0 amide bonds. The number of ketones is 1. The van der Waals surface area contributed by atoms with Crippen LogP contribution in [0.25, 0.3) is 33.3 Å². The lowest BCUT2D eigenvalue weighted by atomic mass is 9.87. The molecule has 4 aromatic rings. The van der Waals surface area contributed by atoms with Crippen LogP contribution in [0.2, 0.25) is 0 Å². The van der Waals surface area contributed by atoms with E-state index in [4.69, 9.17) is 0 Å². The second-order valence-corrected chi connectivity index (χ2v) is 5.91. The molecule has 1 heterocycles. The summed E-state index contributed by atoms with van der Waals surface area (Å²) in [5, 5.41) is 3.29. The molecule has 2 heteroatoms. The molecular formula is C21H13NO. The molecule has 23 heavy (non-hydrogen) atoms. The first kappa shape index (κ1) is 12.4. The molecule has 1 aromatic heterocycles. The first-order valence-electron chi connectivity index (χ1n) is 7.67. The van der Waals surface area contributed by atoms with Gasteiger partial charge in [0.25, 0.3) is 0 Å². The van der Waals surface area contributed by atoms with E-state index in [1.165, 1.54) is 0 Å². The second-order valence-electron chi connectivity index (χ2n) is 5.91. The lowest BCUT2D eigenvalue weighted by Crippen LogP contribution is -2.08. The molecule has 0 atom stereocenters. The highest BCUT2D eigenvalue weighted by Crippen LogP contribution is 2.35. The van der Waals surface area contributed by atoms with Gasteiger partial charge in [0.1, 0.15) is 0 Å². The summed E-state index contributed by atoms with van der Waals surface area (Å²) in [5.41, 5.74) is 4.55. The molecule has 0 saturated heterocycles. The topological polar surface area (TPSA) is 32.9 Å². The fourth-order valence-corrected chi connectivity index (χ4v) is 3.46. The van der Waals surface area contributed by atoms with Crippen LogP contribution in [-0.2, 0) is 0 Å². The highest BCUT2D eigenvalue weighted by atomic mass is 16.1. The van der Waals surface area contributed by atoms with Crippen molar-refractivity contribution in [3.05, 3.63) is 83.6 Å². The Labute approximate surface area is 133 Å². The molecule has 0 fully saturated rings. The zero-order valence-electron chi connectivity index (χ0n) is 12.3. The van der Waals surface area contributed by atoms with Crippen LogP contribution in [0.5, 0.6) is 0 Å². The van der Waals surface area contributed by atoms with E-state index < -0.39 is 0 Å². The SMILES string of the molecule is O=C1C(c2cc3ccccc3[nH]2)=Cc2cccc3cccc1c23. The van der Waals surface area contributed by atoms with Gasteiger partial charge in [-0.3, -0.25) is 4.79 Å². The molecule has 0 radical (unpaired) electrons. The van der Waals surface area contributed by atoms with Gasteiger partial charge in [-0.25, -0.2) is 0 Å². The molecule has 1 aliphatic rings. The predicted octanol–water partition coefficient (Wildman–Crippen LogP) is 5.06. The third-order valence-electron chi connectivity index (χ3n) is 4.55. The Bertz CT molecular complexity index is 1090. The van der Waals surface area contributed by atoms with E-state index in [1.807, 2.05) is 48.5 Å². The van der Waals surface area contributed by atoms with Crippen molar-refractivity contribution in [1.82, 2.24) is 4.98 Å². The van der Waals surface area contributed by atoms with E-state index in [0.29, 0.717) is 0 Å². The quantitative estimate of drug-likeness (QED) is 0.523. The third-order valence-corrected chi connectivity index (χ3v) is 4.55. The van der Waals surface area contributed by atoms with Crippen molar-refractivity contribution in [1.29, 1.82) is 0 Å². The van der Waals surface area contributed by atoms with Crippen LogP contribution in [-0.4, -0.2) is 10.8 Å². The summed E-state index contributed by atoms with van der Waals surface area (Å²) in [4.78, 5) is 16.4. The number of rotatable bonds is 1. The van der Waals surface area contributed by atoms with Crippen LogP contribution < -0.4 is 0 Å². The maximum Gasteiger partial charge on any atom is 0.195 e. The molecule has 0 aliphatic heterocycles. The van der Waals surface area contributed by atoms with Gasteiger partial charge in [-0.1, -0.05) is 54.6 Å². The maximum atomic E-state index is 13.0. The highest BCUT2D eigenvalue weighted by molar-refractivity contribution is 6.38. The number of fused-ring (bicyclic) bond motifs is 1. The number of aromatic amines is 1. The number of Topliss-reactive ketones (excluding diaryl/α,β-unsaturated/α-hetero) is 1. The van der Waals surface area contributed by atoms with Crippen LogP contribution in [0.15, 0.2) is 66.7 Å². The minimum atomic E-state index is 0.0841. The molecule has 0 bridgehead atoms. The lowest BCUT2D eigenvalue weighted by Gasteiger charge is -2.16. The van der Waals surface area contributed by atoms with Crippen LogP contribution in [0.3, 0.4) is 0 Å². The number of H-pyrrole nitrogens is 1. The monoisotopic (exact) mass is 295 g/mol. The first-order valence-corrected chi connectivity index (χ1v) is 7.67. The molecule has 1 aliphatic carbocycles. The molecule has 1 N–H and O–H groups in total. The van der Waals surface area contributed by atoms with Gasteiger partial charge in [0, 0.05) is 27.4 Å². The second kappa shape index (κ2) is 4.43. The molecular weight excluding hydrogens is 282 g/mol. The zero-order valence-corrected chi connectivity index (χ0v) is 12.3. The minimum Gasteiger partial charge on any atom is -0.354 e. The summed E-state index contributed by atoms with van der Waals surface area (Å²) >= 11 is 0. The minimum absolute atomic E-state index is 0.0841. The fraction of sp³-hybridized carbons (Fsp3) is 0. The van der Waals surface area contributed by atoms with Crippen LogP contribution in [0, 0.1) is 0 Å². The number of hydrogen-bond acceptors (Lipinski definition) is 1. The number of allylic oxidation sites excluding steroid dienone is 1. The average molecular weight is 295 g/mol. The zero-order chi connectivity index (χ0) is 15.4. The fourth-order valence-electron chi connectivity index (χ4n) is 3.46. The Balaban J connectivity index is 1.80. The molecule has 0 saturated carbocycles. The van der Waals surface area contributed by atoms with Crippen LogP contribution >= 0.6 is 0 Å². The molecule has 5 rings (SSSR count). The van der Waals surface area contributed by atoms with Crippen LogP contribution in [0.1, 0.15) is 21.6 Å². The smallest absolute Gasteiger partial charge is 0.195 e. The normalized spacial score (nSPS) is 13.6. The Morgan fingerprint density at radius 3 is 2.43 bits per heavy atom. The number of para-hydroxylation sites is 1. The van der Waals surface area contributed by atoms with Gasteiger partial charge in [-0.2, -0.15) is 0 Å². The summed E-state index contributed by atoms with van der Waals surface area (Å²) in [5.74, 6) is 0.0841. The van der Waals surface area contributed by atoms with Crippen molar-refractivity contribution < 1.29 is 4.79 Å². The summed E-state index contributed by atoms with van der Waals surface area (Å²) in [7, 11) is 0. The molecule has 0 unspecified atom stereocenters. The van der Waals surface area contributed by atoms with E-state index in [2.05, 4.69) is 29.2 Å². The number of hydrogen-bond donors (Lipinski definition) is 1. The Morgan fingerprint density at radius 1 is 0.783 bits per heavy atom. The summed E-state index contributed by atoms with van der Waals surface area (Å²) in [6.07, 6.45) is 2.00. The average Bonchev–Trinajstić information content (AvgIpc) is 3.02. The van der Waals surface area contributed by atoms with Gasteiger partial charge < -0.3 is 4.98 Å². The lowest BCUT2D eigenvalue weighted by molar-refractivity contribution is 0.105. The molecule has 0 spiro atoms. The maximum absolute atomic E-state index is 13.0. The van der Waals surface area contributed by atoms with Crippen molar-refractivity contribution in [2.45, 2.75) is 0 Å². The van der Waals surface area contributed by atoms with Gasteiger partial charge in [0.05, 0.1) is 5.69 Å². The Hall–Kier alpha value is -3.13. The number of nitrogens with one attached hydrogen (secondary N) is 1. The molecule has 108 valence electrons. The van der Waals surface area contributed by atoms with Crippen molar-refractivity contribution in [3.63, 3.8) is 0 Å². The van der Waals surface area contributed by atoms with Crippen molar-refractivity contribution >= 4 is 39.1 Å². The van der Waals surface area contributed by atoms with Crippen LogP contribution in [0.4, 0.5) is 0 Å². The number of carbonyl (C=O) groups excluding carboxylic acids is 1. The molecule has 3 aromatic carbocycles. The third kappa shape index (κ3) is 1.72. The van der Waals surface area contributed by atoms with E-state index in [0.717, 1.165) is 44.1 Å². The largest absolute Gasteiger partial charge is 0.354 e. The van der Waals surface area contributed by atoms with E-state index >= 15 is 0 Å². The van der Waals surface area contributed by atoms with E-state index in [9.17, 15) is 4.79 Å². The van der Waals surface area contributed by atoms with Crippen molar-refractivity contribution in [3.8, 4) is 0 Å². The molecule has 2 nitrogen and oxygen atoms in total. The number of carbonyl (C=O) groups is 1. The summed E-state index contributed by atoms with van der Waals surface area (Å²) < 4.78 is 0. The van der Waals surface area contributed by atoms with E-state index in [1.54, 1.807) is 0 Å². The highest BCUT2D eigenvalue weighted by Gasteiger charge is 2.23. The van der Waals surface area contributed by atoms with Crippen molar-refractivity contribution in [2.75, 3.05) is 0 Å². The van der Waals surface area contributed by atoms with Gasteiger partial charge in [0.2, 0.25) is 0 Å². The number of aromatic nitrogens is 1. The summed E-state index contributed by atoms with van der Waals surface area (Å²) in [6.45, 7) is 0. The first-order chi connectivity index (χ1) is 11.3. The number of benzene rings is 3.